The Kier molecular flexibility index (Phi) is 8.61. The van der Waals surface area contributed by atoms with E-state index in [0.717, 1.165) is 12.8 Å². The third kappa shape index (κ3) is 6.20. The predicted octanol–water partition coefficient (Wildman–Crippen LogP) is 0.408. The van der Waals surface area contributed by atoms with Crippen LogP contribution in [0.1, 0.15) is 33.1 Å². The van der Waals surface area contributed by atoms with Gasteiger partial charge in [0, 0.05) is 33.2 Å². The van der Waals surface area contributed by atoms with Crippen molar-refractivity contribution in [3.05, 3.63) is 0 Å². The minimum absolute atomic E-state index is 0. The SMILES string of the molecule is CN=C(NCCS(=O)(=O)NCC1CCC1)N1CCS(=O)(=O)C(C)(C)C1.I. The van der Waals surface area contributed by atoms with E-state index < -0.39 is 24.6 Å². The van der Waals surface area contributed by atoms with Gasteiger partial charge in [-0.2, -0.15) is 0 Å². The number of rotatable bonds is 6. The van der Waals surface area contributed by atoms with Gasteiger partial charge in [-0.1, -0.05) is 6.42 Å². The number of sulfonamides is 1. The molecule has 1 aliphatic carbocycles. The van der Waals surface area contributed by atoms with Gasteiger partial charge in [-0.15, -0.1) is 24.0 Å². The van der Waals surface area contributed by atoms with E-state index in [-0.39, 0.29) is 42.0 Å². The molecule has 2 rings (SSSR count). The first-order valence-corrected chi connectivity index (χ1v) is 12.0. The van der Waals surface area contributed by atoms with Crippen LogP contribution in [0.25, 0.3) is 0 Å². The van der Waals surface area contributed by atoms with E-state index in [0.29, 0.717) is 31.5 Å². The number of guanidine groups is 1. The first kappa shape index (κ1) is 23.9. The van der Waals surface area contributed by atoms with Crippen molar-refractivity contribution in [2.45, 2.75) is 37.9 Å². The fraction of sp³-hybridized carbons (Fsp3) is 0.933. The van der Waals surface area contributed by atoms with Crippen molar-refractivity contribution >= 4 is 49.8 Å². The molecule has 0 aromatic rings. The normalized spacial score (nSPS) is 23.0. The highest BCUT2D eigenvalue weighted by atomic mass is 127. The van der Waals surface area contributed by atoms with E-state index >= 15 is 0 Å². The van der Waals surface area contributed by atoms with Crippen molar-refractivity contribution in [2.75, 3.05) is 44.7 Å². The molecule has 1 heterocycles. The van der Waals surface area contributed by atoms with Crippen molar-refractivity contribution in [1.82, 2.24) is 14.9 Å². The molecule has 26 heavy (non-hydrogen) atoms. The van der Waals surface area contributed by atoms with Crippen molar-refractivity contribution in [2.24, 2.45) is 10.9 Å². The fourth-order valence-corrected chi connectivity index (χ4v) is 5.34. The van der Waals surface area contributed by atoms with Crippen LogP contribution < -0.4 is 10.0 Å². The van der Waals surface area contributed by atoms with Gasteiger partial charge >= 0.3 is 0 Å². The Balaban J connectivity index is 0.00000338. The fourth-order valence-electron chi connectivity index (χ4n) is 2.97. The lowest BCUT2D eigenvalue weighted by atomic mass is 9.86. The van der Waals surface area contributed by atoms with Crippen LogP contribution in [0.5, 0.6) is 0 Å². The van der Waals surface area contributed by atoms with E-state index in [2.05, 4.69) is 15.0 Å². The molecule has 0 bridgehead atoms. The Morgan fingerprint density at radius 1 is 1.31 bits per heavy atom. The number of hydrogen-bond acceptors (Lipinski definition) is 5. The van der Waals surface area contributed by atoms with Gasteiger partial charge in [-0.05, 0) is 32.6 Å². The maximum absolute atomic E-state index is 12.1. The third-order valence-corrected chi connectivity index (χ3v) is 8.91. The lowest BCUT2D eigenvalue weighted by Crippen LogP contribution is -2.57. The second kappa shape index (κ2) is 9.37. The summed E-state index contributed by atoms with van der Waals surface area (Å²) in [5, 5.41) is 3.04. The van der Waals surface area contributed by atoms with E-state index in [9.17, 15) is 16.8 Å². The zero-order valence-corrected chi connectivity index (χ0v) is 19.7. The molecule has 0 amide bonds. The zero-order valence-electron chi connectivity index (χ0n) is 15.7. The summed E-state index contributed by atoms with van der Waals surface area (Å²) in [6, 6.07) is 0. The molecule has 1 aliphatic heterocycles. The van der Waals surface area contributed by atoms with Gasteiger partial charge in [0.1, 0.15) is 0 Å². The Hall–Kier alpha value is -0.140. The van der Waals surface area contributed by atoms with Crippen LogP contribution in [0.15, 0.2) is 4.99 Å². The van der Waals surface area contributed by atoms with Crippen LogP contribution in [0.3, 0.4) is 0 Å². The summed E-state index contributed by atoms with van der Waals surface area (Å²) in [7, 11) is -4.82. The van der Waals surface area contributed by atoms with E-state index in [1.165, 1.54) is 6.42 Å². The van der Waals surface area contributed by atoms with E-state index in [1.807, 2.05) is 4.90 Å². The molecular formula is C15H31IN4O4S2. The van der Waals surface area contributed by atoms with Crippen LogP contribution in [-0.2, 0) is 19.9 Å². The molecule has 2 N–H and O–H groups in total. The maximum Gasteiger partial charge on any atom is 0.213 e. The third-order valence-electron chi connectivity index (χ3n) is 5.03. The van der Waals surface area contributed by atoms with Gasteiger partial charge < -0.3 is 10.2 Å². The number of nitrogens with zero attached hydrogens (tertiary/aromatic N) is 2. The quantitative estimate of drug-likeness (QED) is 0.297. The van der Waals surface area contributed by atoms with Crippen molar-refractivity contribution in [1.29, 1.82) is 0 Å². The Morgan fingerprint density at radius 2 is 1.96 bits per heavy atom. The standard InChI is InChI=1S/C15H30N4O4S2.HI/c1-15(2)12-19(8-10-24(15,20)21)14(16-3)17-7-9-25(22,23)18-11-13-5-4-6-13;/h13,18H,4-12H2,1-3H3,(H,16,17);1H. The highest BCUT2D eigenvalue weighted by molar-refractivity contribution is 14.0. The maximum atomic E-state index is 12.1. The van der Waals surface area contributed by atoms with Crippen molar-refractivity contribution < 1.29 is 16.8 Å². The zero-order chi connectivity index (χ0) is 18.7. The topological polar surface area (TPSA) is 108 Å². The first-order chi connectivity index (χ1) is 11.6. The van der Waals surface area contributed by atoms with Crippen LogP contribution in [0, 0.1) is 5.92 Å². The molecular weight excluding hydrogens is 491 g/mol. The number of nitrogens with one attached hydrogen (secondary N) is 2. The smallest absolute Gasteiger partial charge is 0.213 e. The second-order valence-corrected chi connectivity index (χ2v) is 12.1. The Morgan fingerprint density at radius 3 is 2.46 bits per heavy atom. The number of aliphatic imine (C=N–C) groups is 1. The van der Waals surface area contributed by atoms with Crippen LogP contribution in [-0.4, -0.2) is 77.2 Å². The van der Waals surface area contributed by atoms with Crippen LogP contribution in [0.4, 0.5) is 0 Å². The number of hydrogen-bond donors (Lipinski definition) is 2. The molecule has 2 fully saturated rings. The predicted molar refractivity (Wildman–Crippen MR) is 115 cm³/mol. The van der Waals surface area contributed by atoms with Gasteiger partial charge in [-0.3, -0.25) is 4.99 Å². The summed E-state index contributed by atoms with van der Waals surface area (Å²) in [4.78, 5) is 6.03. The minimum Gasteiger partial charge on any atom is -0.355 e. The molecule has 0 radical (unpaired) electrons. The number of halogens is 1. The van der Waals surface area contributed by atoms with Crippen LogP contribution >= 0.6 is 24.0 Å². The highest BCUT2D eigenvalue weighted by Gasteiger charge is 2.40. The summed E-state index contributed by atoms with van der Waals surface area (Å²) < 4.78 is 50.0. The molecule has 154 valence electrons. The molecule has 1 saturated heterocycles. The lowest BCUT2D eigenvalue weighted by Gasteiger charge is -2.39. The van der Waals surface area contributed by atoms with Gasteiger partial charge in [0.2, 0.25) is 10.0 Å². The van der Waals surface area contributed by atoms with Gasteiger partial charge in [0.05, 0.1) is 16.3 Å². The monoisotopic (exact) mass is 522 g/mol. The summed E-state index contributed by atoms with van der Waals surface area (Å²) in [6.45, 7) is 4.86. The molecule has 11 heteroatoms. The molecule has 0 spiro atoms. The molecule has 0 aromatic carbocycles. The van der Waals surface area contributed by atoms with Crippen LogP contribution in [0.2, 0.25) is 0 Å². The van der Waals surface area contributed by atoms with Crippen molar-refractivity contribution in [3.63, 3.8) is 0 Å². The minimum atomic E-state index is -3.31. The second-order valence-electron chi connectivity index (χ2n) is 7.44. The Bertz CT molecular complexity index is 703. The van der Waals surface area contributed by atoms with E-state index in [4.69, 9.17) is 0 Å². The molecule has 0 unspecified atom stereocenters. The highest BCUT2D eigenvalue weighted by Crippen LogP contribution is 2.25. The van der Waals surface area contributed by atoms with Gasteiger partial charge in [-0.25, -0.2) is 21.6 Å². The summed E-state index contributed by atoms with van der Waals surface area (Å²) in [5.74, 6) is 1.06. The van der Waals surface area contributed by atoms with Crippen molar-refractivity contribution in [3.8, 4) is 0 Å². The van der Waals surface area contributed by atoms with Gasteiger partial charge in [0.25, 0.3) is 0 Å². The first-order valence-electron chi connectivity index (χ1n) is 8.71. The molecule has 8 nitrogen and oxygen atoms in total. The summed E-state index contributed by atoms with van der Waals surface area (Å²) >= 11 is 0. The van der Waals surface area contributed by atoms with Gasteiger partial charge in [0.15, 0.2) is 15.8 Å². The summed E-state index contributed by atoms with van der Waals surface area (Å²) in [5.41, 5.74) is 0. The molecule has 2 aliphatic rings. The molecule has 0 atom stereocenters. The number of sulfone groups is 1. The molecule has 0 aromatic heterocycles. The Labute approximate surface area is 174 Å². The largest absolute Gasteiger partial charge is 0.355 e. The average molecular weight is 522 g/mol. The lowest BCUT2D eigenvalue weighted by molar-refractivity contribution is 0.316. The summed E-state index contributed by atoms with van der Waals surface area (Å²) in [6.07, 6.45) is 3.38. The average Bonchev–Trinajstić information content (AvgIpc) is 2.45. The molecule has 1 saturated carbocycles. The van der Waals surface area contributed by atoms with E-state index in [1.54, 1.807) is 20.9 Å².